The smallest absolute Gasteiger partial charge is 0.257 e. The molecule has 10 heteroatoms. The summed E-state index contributed by atoms with van der Waals surface area (Å²) in [5, 5.41) is 21.5. The third kappa shape index (κ3) is 4.02. The molecule has 4 heterocycles. The van der Waals surface area contributed by atoms with Gasteiger partial charge in [0.1, 0.15) is 5.52 Å². The van der Waals surface area contributed by atoms with Crippen LogP contribution in [0.25, 0.3) is 16.6 Å². The van der Waals surface area contributed by atoms with E-state index < -0.39 is 5.82 Å². The Morgan fingerprint density at radius 1 is 1.20 bits per heavy atom. The number of nitrogens with zero attached hydrogens (tertiary/aromatic N) is 5. The van der Waals surface area contributed by atoms with Gasteiger partial charge < -0.3 is 25.0 Å². The number of fused-ring (bicyclic) bond motifs is 2. The first-order valence-electron chi connectivity index (χ1n) is 12.0. The Morgan fingerprint density at radius 3 is 2.83 bits per heavy atom. The Balaban J connectivity index is 1.25. The number of aromatic nitrogens is 4. The summed E-state index contributed by atoms with van der Waals surface area (Å²) in [4.78, 5) is 19.7. The Hall–Kier alpha value is -3.50. The molecule has 0 spiro atoms. The van der Waals surface area contributed by atoms with E-state index in [1.165, 1.54) is 6.07 Å². The van der Waals surface area contributed by atoms with Crippen molar-refractivity contribution in [3.05, 3.63) is 53.9 Å². The number of aliphatic hydroxyl groups excluding tert-OH is 1. The molecule has 0 unspecified atom stereocenters. The highest BCUT2D eigenvalue weighted by Gasteiger charge is 2.32. The average molecular weight is 478 g/mol. The first kappa shape index (κ1) is 22.0. The molecule has 0 bridgehead atoms. The number of halogens is 1. The zero-order valence-electron chi connectivity index (χ0n) is 19.7. The summed E-state index contributed by atoms with van der Waals surface area (Å²) in [6.45, 7) is 3.57. The van der Waals surface area contributed by atoms with E-state index in [1.807, 2.05) is 19.3 Å². The third-order valence-corrected chi connectivity index (χ3v) is 7.01. The van der Waals surface area contributed by atoms with Crippen LogP contribution in [0.15, 0.2) is 36.8 Å². The third-order valence-electron chi connectivity index (χ3n) is 7.01. The van der Waals surface area contributed by atoms with Crippen LogP contribution in [0.5, 0.6) is 0 Å². The number of anilines is 2. The quantitative estimate of drug-likeness (QED) is 0.409. The summed E-state index contributed by atoms with van der Waals surface area (Å²) >= 11 is 0. The number of nitrogens with one attached hydrogen (secondary N) is 2. The Bertz CT molecular complexity index is 1440. The van der Waals surface area contributed by atoms with Crippen molar-refractivity contribution in [3.8, 4) is 0 Å². The van der Waals surface area contributed by atoms with E-state index in [4.69, 9.17) is 0 Å². The van der Waals surface area contributed by atoms with Crippen LogP contribution in [0, 0.1) is 12.7 Å². The summed E-state index contributed by atoms with van der Waals surface area (Å²) in [6.07, 6.45) is 7.81. The van der Waals surface area contributed by atoms with Gasteiger partial charge in [-0.2, -0.15) is 5.10 Å². The van der Waals surface area contributed by atoms with Crippen molar-refractivity contribution in [2.75, 3.05) is 23.3 Å². The molecule has 3 aromatic heterocycles. The number of rotatable bonds is 5. The summed E-state index contributed by atoms with van der Waals surface area (Å²) in [7, 11) is 1.84. The number of aliphatic hydroxyl groups is 1. The van der Waals surface area contributed by atoms with Crippen LogP contribution in [-0.4, -0.2) is 61.5 Å². The number of benzene rings is 1. The zero-order chi connectivity index (χ0) is 24.3. The standard InChI is InChI=1S/C25H28FN7O2/c1-14-10-33-12-17(9-21(26)24(33)27-14)29-25(35)19-3-4-22(20-13-31(2)30-23(19)20)32-6-5-15(11-32)28-16-7-18(34)8-16/h3-4,9-10,12-13,15-16,18,28,34H,5-8,11H2,1-2H3,(H,29,35)/t15-,16?,18?/m1/s1. The van der Waals surface area contributed by atoms with Gasteiger partial charge in [0.2, 0.25) is 0 Å². The lowest BCUT2D eigenvalue weighted by atomic mass is 9.89. The van der Waals surface area contributed by atoms with Gasteiger partial charge in [-0.1, -0.05) is 0 Å². The molecule has 182 valence electrons. The van der Waals surface area contributed by atoms with Crippen LogP contribution in [0.4, 0.5) is 15.8 Å². The van der Waals surface area contributed by atoms with Gasteiger partial charge >= 0.3 is 0 Å². The lowest BCUT2D eigenvalue weighted by molar-refractivity contribution is 0.0587. The van der Waals surface area contributed by atoms with Crippen molar-refractivity contribution in [1.29, 1.82) is 0 Å². The fraction of sp³-hybridized carbons (Fsp3) is 0.400. The summed E-state index contributed by atoms with van der Waals surface area (Å²) in [5.74, 6) is -0.844. The first-order chi connectivity index (χ1) is 16.8. The molecule has 1 aliphatic carbocycles. The molecule has 1 amide bonds. The fourth-order valence-electron chi connectivity index (χ4n) is 5.28. The van der Waals surface area contributed by atoms with Gasteiger partial charge in [-0.25, -0.2) is 9.37 Å². The van der Waals surface area contributed by atoms with E-state index in [2.05, 4.69) is 25.6 Å². The molecule has 1 aliphatic heterocycles. The van der Waals surface area contributed by atoms with Crippen LogP contribution in [0.1, 0.15) is 35.3 Å². The molecular formula is C25H28FN7O2. The van der Waals surface area contributed by atoms with Crippen LogP contribution >= 0.6 is 0 Å². The number of hydrogen-bond acceptors (Lipinski definition) is 6. The Labute approximate surface area is 201 Å². The number of carbonyl (C=O) groups is 1. The van der Waals surface area contributed by atoms with Gasteiger partial charge in [-0.05, 0) is 38.3 Å². The van der Waals surface area contributed by atoms with E-state index in [1.54, 1.807) is 34.5 Å². The number of pyridine rings is 1. The van der Waals surface area contributed by atoms with E-state index in [9.17, 15) is 14.3 Å². The molecule has 6 rings (SSSR count). The normalized spacial score (nSPS) is 22.2. The number of imidazole rings is 1. The van der Waals surface area contributed by atoms with Gasteiger partial charge in [-0.3, -0.25) is 9.48 Å². The second kappa shape index (κ2) is 8.31. The molecule has 35 heavy (non-hydrogen) atoms. The molecular weight excluding hydrogens is 449 g/mol. The number of amides is 1. The maximum atomic E-state index is 14.5. The van der Waals surface area contributed by atoms with Gasteiger partial charge in [0.05, 0.1) is 23.0 Å². The van der Waals surface area contributed by atoms with Crippen LogP contribution < -0.4 is 15.5 Å². The highest BCUT2D eigenvalue weighted by molar-refractivity contribution is 6.13. The van der Waals surface area contributed by atoms with Crippen molar-refractivity contribution in [3.63, 3.8) is 0 Å². The second-order valence-corrected chi connectivity index (χ2v) is 9.76. The van der Waals surface area contributed by atoms with Crippen LogP contribution in [0.2, 0.25) is 0 Å². The van der Waals surface area contributed by atoms with Crippen molar-refractivity contribution in [1.82, 2.24) is 24.5 Å². The molecule has 0 radical (unpaired) electrons. The molecule has 1 aromatic carbocycles. The monoisotopic (exact) mass is 477 g/mol. The van der Waals surface area contributed by atoms with Crippen molar-refractivity contribution in [2.45, 2.75) is 44.4 Å². The highest BCUT2D eigenvalue weighted by atomic mass is 19.1. The highest BCUT2D eigenvalue weighted by Crippen LogP contribution is 2.32. The maximum absolute atomic E-state index is 14.5. The van der Waals surface area contributed by atoms with E-state index in [0.29, 0.717) is 34.5 Å². The van der Waals surface area contributed by atoms with Crippen LogP contribution in [0.3, 0.4) is 0 Å². The van der Waals surface area contributed by atoms with Crippen molar-refractivity contribution < 1.29 is 14.3 Å². The van der Waals surface area contributed by atoms with Crippen molar-refractivity contribution >= 4 is 33.8 Å². The topological polar surface area (TPSA) is 99.7 Å². The second-order valence-electron chi connectivity index (χ2n) is 9.76. The number of aryl methyl sites for hydroxylation is 2. The molecule has 2 fully saturated rings. The minimum atomic E-state index is -0.497. The SMILES string of the molecule is Cc1cn2cc(NC(=O)c3ccc(N4CC[C@@H](NC5CC(O)C5)C4)c4cn(C)nc34)cc(F)c2n1. The van der Waals surface area contributed by atoms with E-state index in [0.717, 1.165) is 43.4 Å². The molecule has 9 nitrogen and oxygen atoms in total. The summed E-state index contributed by atoms with van der Waals surface area (Å²) < 4.78 is 17.8. The lowest BCUT2D eigenvalue weighted by Gasteiger charge is -2.34. The molecule has 2 aliphatic rings. The average Bonchev–Trinajstić information content (AvgIpc) is 3.49. The van der Waals surface area contributed by atoms with Gasteiger partial charge in [0, 0.05) is 68.0 Å². The fourth-order valence-corrected chi connectivity index (χ4v) is 5.28. The van der Waals surface area contributed by atoms with Crippen LogP contribution in [-0.2, 0) is 7.05 Å². The molecule has 1 saturated heterocycles. The largest absolute Gasteiger partial charge is 0.393 e. The van der Waals surface area contributed by atoms with Gasteiger partial charge in [-0.15, -0.1) is 0 Å². The summed E-state index contributed by atoms with van der Waals surface area (Å²) in [5.41, 5.74) is 3.36. The molecule has 1 saturated carbocycles. The van der Waals surface area contributed by atoms with E-state index in [-0.39, 0.29) is 17.7 Å². The van der Waals surface area contributed by atoms with Crippen molar-refractivity contribution in [2.24, 2.45) is 7.05 Å². The van der Waals surface area contributed by atoms with Gasteiger partial charge in [0.25, 0.3) is 5.91 Å². The maximum Gasteiger partial charge on any atom is 0.257 e. The minimum absolute atomic E-state index is 0.166. The Morgan fingerprint density at radius 2 is 2.03 bits per heavy atom. The zero-order valence-corrected chi connectivity index (χ0v) is 19.7. The number of hydrogen-bond donors (Lipinski definition) is 3. The molecule has 3 N–H and O–H groups in total. The number of carbonyl (C=O) groups excluding carboxylic acids is 1. The molecule has 1 atom stereocenters. The van der Waals surface area contributed by atoms with Gasteiger partial charge in [0.15, 0.2) is 11.5 Å². The first-order valence-corrected chi connectivity index (χ1v) is 12.0. The Kier molecular flexibility index (Phi) is 5.23. The van der Waals surface area contributed by atoms with E-state index >= 15 is 0 Å². The lowest BCUT2D eigenvalue weighted by Crippen LogP contribution is -2.49. The predicted molar refractivity (Wildman–Crippen MR) is 131 cm³/mol. The summed E-state index contributed by atoms with van der Waals surface area (Å²) in [6, 6.07) is 5.81. The molecule has 4 aromatic rings. The predicted octanol–water partition coefficient (Wildman–Crippen LogP) is 2.61. The minimum Gasteiger partial charge on any atom is -0.393 e.